The molecular weight excluding hydrogens is 465 g/mol. The summed E-state index contributed by atoms with van der Waals surface area (Å²) in [6.07, 6.45) is 1.21. The lowest BCUT2D eigenvalue weighted by molar-refractivity contribution is 0.0195. The van der Waals surface area contributed by atoms with Crippen molar-refractivity contribution in [2.75, 3.05) is 71.0 Å². The highest BCUT2D eigenvalue weighted by molar-refractivity contribution is 14.0. The Labute approximate surface area is 187 Å². The summed E-state index contributed by atoms with van der Waals surface area (Å²) < 4.78 is 5.49. The first-order chi connectivity index (χ1) is 13.2. The summed E-state index contributed by atoms with van der Waals surface area (Å²) in [4.78, 5) is 11.9. The second-order valence-electron chi connectivity index (χ2n) is 7.43. The quantitative estimate of drug-likeness (QED) is 0.369. The average molecular weight is 501 g/mol. The van der Waals surface area contributed by atoms with Gasteiger partial charge in [0, 0.05) is 64.6 Å². The molecule has 2 aliphatic rings. The van der Waals surface area contributed by atoms with Gasteiger partial charge in [0.15, 0.2) is 5.96 Å². The van der Waals surface area contributed by atoms with Gasteiger partial charge in [0.05, 0.1) is 13.2 Å². The average Bonchev–Trinajstić information content (AvgIpc) is 3.19. The van der Waals surface area contributed by atoms with E-state index in [-0.39, 0.29) is 24.0 Å². The van der Waals surface area contributed by atoms with Gasteiger partial charge in [0.25, 0.3) is 0 Å². The van der Waals surface area contributed by atoms with E-state index < -0.39 is 0 Å². The van der Waals surface area contributed by atoms with E-state index in [0.717, 1.165) is 65.0 Å². The Bertz CT molecular complexity index is 621. The Kier molecular flexibility index (Phi) is 9.81. The van der Waals surface area contributed by atoms with Gasteiger partial charge >= 0.3 is 0 Å². The number of aryl methyl sites for hydroxylation is 1. The van der Waals surface area contributed by atoms with Crippen molar-refractivity contribution in [3.8, 4) is 0 Å². The Morgan fingerprint density at radius 2 is 2.07 bits per heavy atom. The fourth-order valence-electron chi connectivity index (χ4n) is 4.10. The number of hydrogen-bond donors (Lipinski definition) is 1. The maximum absolute atomic E-state index is 5.49. The first kappa shape index (κ1) is 23.2. The molecular formula is C21H36IN5O. The van der Waals surface area contributed by atoms with Crippen LogP contribution in [0.1, 0.15) is 18.9 Å². The smallest absolute Gasteiger partial charge is 0.193 e. The van der Waals surface area contributed by atoms with Gasteiger partial charge in [-0.3, -0.25) is 9.89 Å². The minimum atomic E-state index is 0. The van der Waals surface area contributed by atoms with Crippen LogP contribution >= 0.6 is 24.0 Å². The summed E-state index contributed by atoms with van der Waals surface area (Å²) in [5, 5.41) is 3.58. The number of likely N-dealkylation sites (tertiary alicyclic amines) is 1. The van der Waals surface area contributed by atoms with Gasteiger partial charge in [-0.05, 0) is 38.0 Å². The molecule has 1 aromatic rings. The molecule has 158 valence electrons. The molecule has 7 heteroatoms. The summed E-state index contributed by atoms with van der Waals surface area (Å²) in [6.45, 7) is 13.2. The SMILES string of the molecule is CCN(CCNC(=NC)N1CCC(N2CCOCC2)C1)c1cccc(C)c1.I. The van der Waals surface area contributed by atoms with Crippen LogP contribution < -0.4 is 10.2 Å². The Balaban J connectivity index is 0.00000280. The van der Waals surface area contributed by atoms with Crippen molar-refractivity contribution in [1.82, 2.24) is 15.1 Å². The predicted octanol–water partition coefficient (Wildman–Crippen LogP) is 2.42. The van der Waals surface area contributed by atoms with Gasteiger partial charge in [-0.2, -0.15) is 0 Å². The van der Waals surface area contributed by atoms with E-state index in [0.29, 0.717) is 6.04 Å². The number of likely N-dealkylation sites (N-methyl/N-ethyl adjacent to an activating group) is 1. The molecule has 1 N–H and O–H groups in total. The molecule has 28 heavy (non-hydrogen) atoms. The second-order valence-corrected chi connectivity index (χ2v) is 7.43. The van der Waals surface area contributed by atoms with Gasteiger partial charge in [0.2, 0.25) is 0 Å². The number of guanidine groups is 1. The molecule has 2 aliphatic heterocycles. The highest BCUT2D eigenvalue weighted by atomic mass is 127. The van der Waals surface area contributed by atoms with Crippen LogP contribution in [0.2, 0.25) is 0 Å². The fraction of sp³-hybridized carbons (Fsp3) is 0.667. The highest BCUT2D eigenvalue weighted by Crippen LogP contribution is 2.17. The van der Waals surface area contributed by atoms with Crippen LogP contribution in [0.15, 0.2) is 29.3 Å². The normalized spacial score (nSPS) is 20.8. The van der Waals surface area contributed by atoms with Crippen LogP contribution in [0.3, 0.4) is 0 Å². The topological polar surface area (TPSA) is 43.3 Å². The van der Waals surface area contributed by atoms with Crippen molar-refractivity contribution < 1.29 is 4.74 Å². The van der Waals surface area contributed by atoms with Crippen LogP contribution in [0.4, 0.5) is 5.69 Å². The Hall–Kier alpha value is -1.06. The maximum atomic E-state index is 5.49. The molecule has 1 unspecified atom stereocenters. The number of nitrogens with zero attached hydrogens (tertiary/aromatic N) is 4. The number of rotatable bonds is 6. The zero-order chi connectivity index (χ0) is 19.1. The number of aliphatic imine (C=N–C) groups is 1. The molecule has 0 amide bonds. The number of hydrogen-bond acceptors (Lipinski definition) is 4. The summed E-state index contributed by atoms with van der Waals surface area (Å²) in [5.74, 6) is 1.03. The second kappa shape index (κ2) is 11.8. The van der Waals surface area contributed by atoms with Crippen LogP contribution in [0.25, 0.3) is 0 Å². The molecule has 6 nitrogen and oxygen atoms in total. The minimum Gasteiger partial charge on any atom is -0.379 e. The van der Waals surface area contributed by atoms with Crippen molar-refractivity contribution >= 4 is 35.6 Å². The zero-order valence-corrected chi connectivity index (χ0v) is 19.9. The third kappa shape index (κ3) is 6.22. The predicted molar refractivity (Wildman–Crippen MR) is 128 cm³/mol. The molecule has 2 heterocycles. The Morgan fingerprint density at radius 1 is 1.29 bits per heavy atom. The number of anilines is 1. The monoisotopic (exact) mass is 501 g/mol. The summed E-state index contributed by atoms with van der Waals surface area (Å²) in [7, 11) is 1.89. The summed E-state index contributed by atoms with van der Waals surface area (Å²) >= 11 is 0. The van der Waals surface area contributed by atoms with Crippen LogP contribution in [0, 0.1) is 6.92 Å². The third-order valence-corrected chi connectivity index (χ3v) is 5.65. The van der Waals surface area contributed by atoms with Gasteiger partial charge in [-0.1, -0.05) is 12.1 Å². The van der Waals surface area contributed by atoms with Gasteiger partial charge in [-0.25, -0.2) is 0 Å². The first-order valence-corrected chi connectivity index (χ1v) is 10.3. The molecule has 1 atom stereocenters. The largest absolute Gasteiger partial charge is 0.379 e. The fourth-order valence-corrected chi connectivity index (χ4v) is 4.10. The first-order valence-electron chi connectivity index (χ1n) is 10.3. The molecule has 0 aromatic heterocycles. The van der Waals surface area contributed by atoms with Crippen molar-refractivity contribution in [1.29, 1.82) is 0 Å². The molecule has 3 rings (SSSR count). The molecule has 1 aromatic carbocycles. The number of halogens is 1. The summed E-state index contributed by atoms with van der Waals surface area (Å²) in [5.41, 5.74) is 2.60. The van der Waals surface area contributed by atoms with E-state index in [2.05, 4.69) is 63.1 Å². The molecule has 0 aliphatic carbocycles. The molecule has 0 saturated carbocycles. The third-order valence-electron chi connectivity index (χ3n) is 5.65. The van der Waals surface area contributed by atoms with Crippen molar-refractivity contribution in [3.63, 3.8) is 0 Å². The van der Waals surface area contributed by atoms with Crippen molar-refractivity contribution in [3.05, 3.63) is 29.8 Å². The van der Waals surface area contributed by atoms with E-state index in [9.17, 15) is 0 Å². The standard InChI is InChI=1S/C21H35N5O.HI/c1-4-24(19-7-5-6-18(2)16-19)11-9-23-21(22-3)26-10-8-20(17-26)25-12-14-27-15-13-25;/h5-7,16,20H,4,8-15,17H2,1-3H3,(H,22,23);1H. The minimum absolute atomic E-state index is 0. The Morgan fingerprint density at radius 3 is 2.75 bits per heavy atom. The lowest BCUT2D eigenvalue weighted by Crippen LogP contribution is -2.47. The zero-order valence-electron chi connectivity index (χ0n) is 17.6. The molecule has 0 radical (unpaired) electrons. The molecule has 2 saturated heterocycles. The van der Waals surface area contributed by atoms with Crippen LogP contribution in [-0.2, 0) is 4.74 Å². The van der Waals surface area contributed by atoms with E-state index in [1.165, 1.54) is 17.7 Å². The number of nitrogens with one attached hydrogen (secondary N) is 1. The molecule has 0 spiro atoms. The van der Waals surface area contributed by atoms with Crippen LogP contribution in [-0.4, -0.2) is 87.9 Å². The maximum Gasteiger partial charge on any atom is 0.193 e. The van der Waals surface area contributed by atoms with E-state index in [1.54, 1.807) is 0 Å². The van der Waals surface area contributed by atoms with Crippen molar-refractivity contribution in [2.45, 2.75) is 26.3 Å². The molecule has 0 bridgehead atoms. The van der Waals surface area contributed by atoms with Gasteiger partial charge in [0.1, 0.15) is 0 Å². The van der Waals surface area contributed by atoms with Crippen LogP contribution in [0.5, 0.6) is 0 Å². The lowest BCUT2D eigenvalue weighted by Gasteiger charge is -2.32. The van der Waals surface area contributed by atoms with Crippen molar-refractivity contribution in [2.24, 2.45) is 4.99 Å². The van der Waals surface area contributed by atoms with E-state index in [1.807, 2.05) is 7.05 Å². The van der Waals surface area contributed by atoms with E-state index in [4.69, 9.17) is 4.74 Å². The molecule has 2 fully saturated rings. The number of morpholine rings is 1. The van der Waals surface area contributed by atoms with Gasteiger partial charge < -0.3 is 19.9 Å². The number of benzene rings is 1. The van der Waals surface area contributed by atoms with Gasteiger partial charge in [-0.15, -0.1) is 24.0 Å². The highest BCUT2D eigenvalue weighted by Gasteiger charge is 2.30. The summed E-state index contributed by atoms with van der Waals surface area (Å²) in [6, 6.07) is 9.36. The lowest BCUT2D eigenvalue weighted by atomic mass is 10.2. The number of ether oxygens (including phenoxy) is 1. The van der Waals surface area contributed by atoms with E-state index >= 15 is 0 Å².